The summed E-state index contributed by atoms with van der Waals surface area (Å²) in [4.78, 5) is 30.5. The fraction of sp³-hybridized carbons (Fsp3) is 0.579. The van der Waals surface area contributed by atoms with E-state index >= 15 is 0 Å². The highest BCUT2D eigenvalue weighted by molar-refractivity contribution is 5.94. The molecule has 0 unspecified atom stereocenters. The molecule has 138 valence electrons. The molecule has 1 heterocycles. The maximum absolute atomic E-state index is 12.4. The summed E-state index contributed by atoms with van der Waals surface area (Å²) in [5.74, 6) is -0.0428. The van der Waals surface area contributed by atoms with E-state index in [1.165, 1.54) is 0 Å². The number of benzene rings is 1. The Hall–Kier alpha value is -2.24. The summed E-state index contributed by atoms with van der Waals surface area (Å²) in [5.41, 5.74) is 1.74. The third-order valence-corrected chi connectivity index (χ3v) is 4.78. The molecule has 0 aliphatic carbocycles. The molecule has 1 aliphatic rings. The summed E-state index contributed by atoms with van der Waals surface area (Å²) < 4.78 is 0. The molecule has 2 rings (SSSR count). The normalized spacial score (nSPS) is 15.0. The molecule has 25 heavy (non-hydrogen) atoms. The Bertz CT molecular complexity index is 574. The SMILES string of the molecule is CCN(CC)C(=O)N1CCC(NC(=O)c2ccc(N(C)C)cc2)CC1. The molecule has 0 radical (unpaired) electrons. The molecule has 0 atom stereocenters. The van der Waals surface area contributed by atoms with Gasteiger partial charge in [0.25, 0.3) is 5.91 Å². The summed E-state index contributed by atoms with van der Waals surface area (Å²) in [6.45, 7) is 6.84. The number of piperidine rings is 1. The van der Waals surface area contributed by atoms with Crippen molar-refractivity contribution in [1.29, 1.82) is 0 Å². The highest BCUT2D eigenvalue weighted by Crippen LogP contribution is 2.15. The lowest BCUT2D eigenvalue weighted by Gasteiger charge is -2.35. The van der Waals surface area contributed by atoms with Gasteiger partial charge in [-0.1, -0.05) is 0 Å². The number of anilines is 1. The number of nitrogens with one attached hydrogen (secondary N) is 1. The lowest BCUT2D eigenvalue weighted by molar-refractivity contribution is 0.0911. The molecule has 1 fully saturated rings. The average molecular weight is 346 g/mol. The molecule has 0 bridgehead atoms. The van der Waals surface area contributed by atoms with Crippen LogP contribution in [0.15, 0.2) is 24.3 Å². The van der Waals surface area contributed by atoms with Crippen LogP contribution in [-0.4, -0.2) is 68.1 Å². The van der Waals surface area contributed by atoms with Crippen molar-refractivity contribution in [2.75, 3.05) is 45.2 Å². The highest BCUT2D eigenvalue weighted by atomic mass is 16.2. The number of carbonyl (C=O) groups is 2. The average Bonchev–Trinajstić information content (AvgIpc) is 2.63. The van der Waals surface area contributed by atoms with Crippen LogP contribution in [0.25, 0.3) is 0 Å². The van der Waals surface area contributed by atoms with E-state index in [0.29, 0.717) is 18.7 Å². The van der Waals surface area contributed by atoms with Gasteiger partial charge in [0.2, 0.25) is 0 Å². The third kappa shape index (κ3) is 4.87. The fourth-order valence-electron chi connectivity index (χ4n) is 3.09. The molecule has 1 saturated heterocycles. The number of nitrogens with zero attached hydrogens (tertiary/aromatic N) is 3. The van der Waals surface area contributed by atoms with Crippen molar-refractivity contribution in [2.24, 2.45) is 0 Å². The van der Waals surface area contributed by atoms with Gasteiger partial charge in [-0.25, -0.2) is 4.79 Å². The Morgan fingerprint density at radius 3 is 2.12 bits per heavy atom. The molecule has 0 spiro atoms. The van der Waals surface area contributed by atoms with Crippen LogP contribution < -0.4 is 10.2 Å². The van der Waals surface area contributed by atoms with E-state index < -0.39 is 0 Å². The van der Waals surface area contributed by atoms with Crippen LogP contribution in [0.5, 0.6) is 0 Å². The molecule has 0 saturated carbocycles. The van der Waals surface area contributed by atoms with Gasteiger partial charge in [-0.05, 0) is 51.0 Å². The van der Waals surface area contributed by atoms with Gasteiger partial charge < -0.3 is 20.0 Å². The highest BCUT2D eigenvalue weighted by Gasteiger charge is 2.26. The summed E-state index contributed by atoms with van der Waals surface area (Å²) >= 11 is 0. The Morgan fingerprint density at radius 1 is 1.08 bits per heavy atom. The first-order chi connectivity index (χ1) is 12.0. The molecule has 1 N–H and O–H groups in total. The van der Waals surface area contributed by atoms with Gasteiger partial charge >= 0.3 is 6.03 Å². The number of hydrogen-bond acceptors (Lipinski definition) is 3. The van der Waals surface area contributed by atoms with Crippen LogP contribution in [0.4, 0.5) is 10.5 Å². The maximum Gasteiger partial charge on any atom is 0.319 e. The monoisotopic (exact) mass is 346 g/mol. The van der Waals surface area contributed by atoms with E-state index in [1.807, 2.05) is 66.9 Å². The van der Waals surface area contributed by atoms with E-state index in [1.54, 1.807) is 0 Å². The molecule has 1 aromatic rings. The summed E-state index contributed by atoms with van der Waals surface area (Å²) in [5, 5.41) is 3.10. The number of rotatable bonds is 5. The van der Waals surface area contributed by atoms with Crippen molar-refractivity contribution in [3.63, 3.8) is 0 Å². The summed E-state index contributed by atoms with van der Waals surface area (Å²) in [7, 11) is 3.95. The Balaban J connectivity index is 1.85. The first-order valence-corrected chi connectivity index (χ1v) is 9.08. The quantitative estimate of drug-likeness (QED) is 0.891. The molecular formula is C19H30N4O2. The van der Waals surface area contributed by atoms with Crippen molar-refractivity contribution >= 4 is 17.6 Å². The second-order valence-electron chi connectivity index (χ2n) is 6.63. The van der Waals surface area contributed by atoms with Gasteiger partial charge in [-0.2, -0.15) is 0 Å². The van der Waals surface area contributed by atoms with Gasteiger partial charge in [0.1, 0.15) is 0 Å². The predicted octanol–water partition coefficient (Wildman–Crippen LogP) is 2.41. The van der Waals surface area contributed by atoms with Crippen LogP contribution in [-0.2, 0) is 0 Å². The van der Waals surface area contributed by atoms with Crippen LogP contribution in [0.3, 0.4) is 0 Å². The number of urea groups is 1. The lowest BCUT2D eigenvalue weighted by Crippen LogP contribution is -2.50. The molecule has 6 nitrogen and oxygen atoms in total. The Kier molecular flexibility index (Phi) is 6.67. The largest absolute Gasteiger partial charge is 0.378 e. The second-order valence-corrected chi connectivity index (χ2v) is 6.63. The first-order valence-electron chi connectivity index (χ1n) is 9.08. The van der Waals surface area contributed by atoms with Crippen molar-refractivity contribution in [3.05, 3.63) is 29.8 Å². The number of likely N-dealkylation sites (tertiary alicyclic amines) is 1. The molecule has 1 aliphatic heterocycles. The minimum atomic E-state index is -0.0428. The molecular weight excluding hydrogens is 316 g/mol. The second kappa shape index (κ2) is 8.74. The molecule has 6 heteroatoms. The zero-order chi connectivity index (χ0) is 18.4. The van der Waals surface area contributed by atoms with E-state index in [0.717, 1.165) is 31.6 Å². The van der Waals surface area contributed by atoms with E-state index in [-0.39, 0.29) is 18.0 Å². The smallest absolute Gasteiger partial charge is 0.319 e. The number of amides is 3. The summed E-state index contributed by atoms with van der Waals surface area (Å²) in [6.07, 6.45) is 1.60. The molecule has 1 aromatic carbocycles. The minimum absolute atomic E-state index is 0.0428. The fourth-order valence-corrected chi connectivity index (χ4v) is 3.09. The predicted molar refractivity (Wildman–Crippen MR) is 101 cm³/mol. The number of carbonyl (C=O) groups excluding carboxylic acids is 2. The van der Waals surface area contributed by atoms with E-state index in [9.17, 15) is 9.59 Å². The Labute approximate surface area is 150 Å². The van der Waals surface area contributed by atoms with E-state index in [2.05, 4.69) is 5.32 Å². The van der Waals surface area contributed by atoms with Gasteiger partial charge in [0, 0.05) is 57.6 Å². The maximum atomic E-state index is 12.4. The van der Waals surface area contributed by atoms with Gasteiger partial charge in [0.05, 0.1) is 0 Å². The van der Waals surface area contributed by atoms with Crippen molar-refractivity contribution in [2.45, 2.75) is 32.7 Å². The van der Waals surface area contributed by atoms with E-state index in [4.69, 9.17) is 0 Å². The first kappa shape index (κ1) is 19.1. The minimum Gasteiger partial charge on any atom is -0.378 e. The topological polar surface area (TPSA) is 55.9 Å². The zero-order valence-corrected chi connectivity index (χ0v) is 15.8. The molecule has 0 aromatic heterocycles. The van der Waals surface area contributed by atoms with Gasteiger partial charge in [-0.3, -0.25) is 4.79 Å². The number of hydrogen-bond donors (Lipinski definition) is 1. The van der Waals surface area contributed by atoms with Crippen LogP contribution in [0.2, 0.25) is 0 Å². The van der Waals surface area contributed by atoms with Crippen LogP contribution in [0.1, 0.15) is 37.0 Å². The summed E-state index contributed by atoms with van der Waals surface area (Å²) in [6, 6.07) is 7.82. The Morgan fingerprint density at radius 2 is 1.64 bits per heavy atom. The zero-order valence-electron chi connectivity index (χ0n) is 15.8. The van der Waals surface area contributed by atoms with Crippen molar-refractivity contribution in [1.82, 2.24) is 15.1 Å². The van der Waals surface area contributed by atoms with Crippen LogP contribution >= 0.6 is 0 Å². The van der Waals surface area contributed by atoms with Crippen molar-refractivity contribution in [3.8, 4) is 0 Å². The lowest BCUT2D eigenvalue weighted by atomic mass is 10.0. The molecule has 3 amide bonds. The van der Waals surface area contributed by atoms with Crippen molar-refractivity contribution < 1.29 is 9.59 Å². The third-order valence-electron chi connectivity index (χ3n) is 4.78. The standard InChI is InChI=1S/C19H30N4O2/c1-5-22(6-2)19(25)23-13-11-16(12-14-23)20-18(24)15-7-9-17(10-8-15)21(3)4/h7-10,16H,5-6,11-14H2,1-4H3,(H,20,24). The van der Waals surface area contributed by atoms with Crippen LogP contribution in [0, 0.1) is 0 Å². The van der Waals surface area contributed by atoms with Gasteiger partial charge in [0.15, 0.2) is 0 Å². The van der Waals surface area contributed by atoms with Gasteiger partial charge in [-0.15, -0.1) is 0 Å².